The van der Waals surface area contributed by atoms with Gasteiger partial charge in [0.15, 0.2) is 6.61 Å². The predicted octanol–water partition coefficient (Wildman–Crippen LogP) is 1.66. The van der Waals surface area contributed by atoms with E-state index in [1.807, 2.05) is 6.07 Å². The molecule has 1 aliphatic heterocycles. The molecule has 0 spiro atoms. The zero-order valence-corrected chi connectivity index (χ0v) is 13.0. The number of rotatable bonds is 4. The van der Waals surface area contributed by atoms with Crippen molar-refractivity contribution in [2.45, 2.75) is 19.4 Å². The summed E-state index contributed by atoms with van der Waals surface area (Å²) in [5, 5.41) is 0. The van der Waals surface area contributed by atoms with Crippen molar-refractivity contribution >= 4 is 39.5 Å². The average molecular weight is 356 g/mol. The third-order valence-corrected chi connectivity index (χ3v) is 3.47. The number of halogens is 1. The van der Waals surface area contributed by atoms with Crippen molar-refractivity contribution in [2.24, 2.45) is 0 Å². The molecule has 2 rings (SSSR count). The third kappa shape index (κ3) is 3.81. The van der Waals surface area contributed by atoms with Crippen LogP contribution in [0.1, 0.15) is 13.3 Å². The van der Waals surface area contributed by atoms with Gasteiger partial charge in [-0.05, 0) is 18.2 Å². The highest BCUT2D eigenvalue weighted by Crippen LogP contribution is 2.25. The summed E-state index contributed by atoms with van der Waals surface area (Å²) >= 11 is 3.33. The number of esters is 2. The van der Waals surface area contributed by atoms with Gasteiger partial charge >= 0.3 is 11.9 Å². The molecule has 1 aliphatic rings. The summed E-state index contributed by atoms with van der Waals surface area (Å²) in [6.07, 6.45) is 0.414. The van der Waals surface area contributed by atoms with E-state index in [0.29, 0.717) is 12.1 Å². The van der Waals surface area contributed by atoms with Gasteiger partial charge in [0.05, 0.1) is 6.61 Å². The highest BCUT2D eigenvalue weighted by Gasteiger charge is 2.36. The summed E-state index contributed by atoms with van der Waals surface area (Å²) in [6.45, 7) is 1.08. The van der Waals surface area contributed by atoms with Crippen LogP contribution in [-0.4, -0.2) is 37.1 Å². The van der Waals surface area contributed by atoms with Gasteiger partial charge < -0.3 is 9.47 Å². The van der Waals surface area contributed by atoms with Crippen molar-refractivity contribution in [1.82, 2.24) is 0 Å². The molecule has 1 atom stereocenters. The summed E-state index contributed by atoms with van der Waals surface area (Å²) in [7, 11) is 0. The van der Waals surface area contributed by atoms with Crippen LogP contribution in [0.25, 0.3) is 0 Å². The first-order chi connectivity index (χ1) is 9.99. The molecule has 6 nitrogen and oxygen atoms in total. The minimum absolute atomic E-state index is 0.273. The zero-order chi connectivity index (χ0) is 15.4. The summed E-state index contributed by atoms with van der Waals surface area (Å²) in [5.41, 5.74) is 0.547. The molecule has 21 heavy (non-hydrogen) atoms. The van der Waals surface area contributed by atoms with E-state index in [2.05, 4.69) is 15.9 Å². The number of hydrogen-bond acceptors (Lipinski definition) is 5. The molecule has 7 heteroatoms. The average Bonchev–Trinajstić information content (AvgIpc) is 2.83. The molecule has 1 unspecified atom stereocenters. The summed E-state index contributed by atoms with van der Waals surface area (Å²) in [5.74, 6) is -1.47. The number of ether oxygens (including phenoxy) is 2. The fourth-order valence-corrected chi connectivity index (χ4v) is 2.46. The molecule has 0 aromatic heterocycles. The first kappa shape index (κ1) is 15.5. The molecule has 0 radical (unpaired) electrons. The molecule has 0 aliphatic carbocycles. The Morgan fingerprint density at radius 2 is 2.24 bits per heavy atom. The number of amides is 1. The smallest absolute Gasteiger partial charge is 0.329 e. The van der Waals surface area contributed by atoms with Gasteiger partial charge in [0.2, 0.25) is 0 Å². The van der Waals surface area contributed by atoms with Crippen LogP contribution in [0.15, 0.2) is 28.7 Å². The molecule has 0 bridgehead atoms. The minimum Gasteiger partial charge on any atom is -0.464 e. The molecule has 1 fully saturated rings. The van der Waals surface area contributed by atoms with Crippen molar-refractivity contribution in [3.63, 3.8) is 0 Å². The van der Waals surface area contributed by atoms with Crippen LogP contribution in [0.3, 0.4) is 0 Å². The van der Waals surface area contributed by atoms with Crippen molar-refractivity contribution in [3.8, 4) is 0 Å². The van der Waals surface area contributed by atoms with Crippen molar-refractivity contribution in [3.05, 3.63) is 28.7 Å². The van der Waals surface area contributed by atoms with Crippen molar-refractivity contribution < 1.29 is 23.9 Å². The summed E-state index contributed by atoms with van der Waals surface area (Å²) < 4.78 is 10.4. The van der Waals surface area contributed by atoms with Gasteiger partial charge in [-0.15, -0.1) is 0 Å². The standard InChI is InChI=1S/C14H14BrNO5/c1-9(17)21-8-13(18)16(12-5-6-20-14(12)19)11-4-2-3-10(15)7-11/h2-4,7,12H,5-6,8H2,1H3. The first-order valence-corrected chi connectivity index (χ1v) is 7.16. The van der Waals surface area contributed by atoms with Crippen LogP contribution in [0.2, 0.25) is 0 Å². The third-order valence-electron chi connectivity index (χ3n) is 2.97. The molecule has 1 heterocycles. The molecule has 112 valence electrons. The largest absolute Gasteiger partial charge is 0.464 e. The molecule has 1 aromatic rings. The lowest BCUT2D eigenvalue weighted by molar-refractivity contribution is -0.146. The lowest BCUT2D eigenvalue weighted by atomic mass is 10.1. The number of carbonyl (C=O) groups excluding carboxylic acids is 3. The molecule has 0 N–H and O–H groups in total. The van der Waals surface area contributed by atoms with Gasteiger partial charge in [0, 0.05) is 23.5 Å². The number of carbonyl (C=O) groups is 3. The molecule has 1 saturated heterocycles. The van der Waals surface area contributed by atoms with Crippen molar-refractivity contribution in [1.29, 1.82) is 0 Å². The van der Waals surface area contributed by atoms with E-state index in [9.17, 15) is 14.4 Å². The van der Waals surface area contributed by atoms with E-state index < -0.39 is 30.5 Å². The number of anilines is 1. The Morgan fingerprint density at radius 1 is 1.48 bits per heavy atom. The van der Waals surface area contributed by atoms with Gasteiger partial charge in [0.25, 0.3) is 5.91 Å². The highest BCUT2D eigenvalue weighted by atomic mass is 79.9. The Morgan fingerprint density at radius 3 is 2.81 bits per heavy atom. The molecular weight excluding hydrogens is 342 g/mol. The van der Waals surface area contributed by atoms with E-state index in [1.54, 1.807) is 18.2 Å². The number of nitrogens with zero attached hydrogens (tertiary/aromatic N) is 1. The monoisotopic (exact) mass is 355 g/mol. The van der Waals surface area contributed by atoms with Crippen LogP contribution in [-0.2, 0) is 23.9 Å². The predicted molar refractivity (Wildman–Crippen MR) is 77.6 cm³/mol. The van der Waals surface area contributed by atoms with E-state index in [4.69, 9.17) is 9.47 Å². The normalized spacial score (nSPS) is 17.2. The van der Waals surface area contributed by atoms with E-state index >= 15 is 0 Å². The van der Waals surface area contributed by atoms with E-state index in [0.717, 1.165) is 4.47 Å². The second kappa shape index (κ2) is 6.71. The summed E-state index contributed by atoms with van der Waals surface area (Å²) in [6, 6.07) is 6.30. The van der Waals surface area contributed by atoms with E-state index in [1.165, 1.54) is 11.8 Å². The maximum Gasteiger partial charge on any atom is 0.329 e. The van der Waals surface area contributed by atoms with Crippen LogP contribution in [0.5, 0.6) is 0 Å². The van der Waals surface area contributed by atoms with Crippen LogP contribution in [0, 0.1) is 0 Å². The van der Waals surface area contributed by atoms with Gasteiger partial charge in [-0.1, -0.05) is 22.0 Å². The van der Waals surface area contributed by atoms with Crippen LogP contribution in [0.4, 0.5) is 5.69 Å². The minimum atomic E-state index is -0.692. The number of benzene rings is 1. The fraction of sp³-hybridized carbons (Fsp3) is 0.357. The van der Waals surface area contributed by atoms with Crippen LogP contribution >= 0.6 is 15.9 Å². The Kier molecular flexibility index (Phi) is 4.95. The lowest BCUT2D eigenvalue weighted by Crippen LogP contribution is -2.45. The zero-order valence-electron chi connectivity index (χ0n) is 11.4. The second-order valence-electron chi connectivity index (χ2n) is 4.50. The second-order valence-corrected chi connectivity index (χ2v) is 5.41. The SMILES string of the molecule is CC(=O)OCC(=O)N(c1cccc(Br)c1)C1CCOC1=O. The first-order valence-electron chi connectivity index (χ1n) is 6.36. The Labute approximate surface area is 130 Å². The Bertz CT molecular complexity index is 574. The molecule has 1 aromatic carbocycles. The quantitative estimate of drug-likeness (QED) is 0.768. The van der Waals surface area contributed by atoms with Gasteiger partial charge in [-0.2, -0.15) is 0 Å². The Balaban J connectivity index is 2.27. The summed E-state index contributed by atoms with van der Waals surface area (Å²) in [4.78, 5) is 36.3. The maximum absolute atomic E-state index is 12.3. The number of hydrogen-bond donors (Lipinski definition) is 0. The van der Waals surface area contributed by atoms with Gasteiger partial charge in [-0.25, -0.2) is 4.79 Å². The molecule has 0 saturated carbocycles. The van der Waals surface area contributed by atoms with Crippen LogP contribution < -0.4 is 4.90 Å². The van der Waals surface area contributed by atoms with Gasteiger partial charge in [0.1, 0.15) is 6.04 Å². The highest BCUT2D eigenvalue weighted by molar-refractivity contribution is 9.10. The molecular formula is C14H14BrNO5. The Hall–Kier alpha value is -1.89. The maximum atomic E-state index is 12.3. The topological polar surface area (TPSA) is 72.9 Å². The molecule has 1 amide bonds. The van der Waals surface area contributed by atoms with E-state index in [-0.39, 0.29) is 6.61 Å². The fourth-order valence-electron chi connectivity index (χ4n) is 2.08. The van der Waals surface area contributed by atoms with Crippen molar-refractivity contribution in [2.75, 3.05) is 18.1 Å². The van der Waals surface area contributed by atoms with Gasteiger partial charge in [-0.3, -0.25) is 14.5 Å². The number of cyclic esters (lactones) is 1. The lowest BCUT2D eigenvalue weighted by Gasteiger charge is -2.26.